The van der Waals surface area contributed by atoms with Gasteiger partial charge in [-0.2, -0.15) is 0 Å². The Bertz CT molecular complexity index is 712. The van der Waals surface area contributed by atoms with Gasteiger partial charge in [0, 0.05) is 17.2 Å². The fourth-order valence-electron chi connectivity index (χ4n) is 1.61. The normalized spacial score (nSPS) is 12.5. The lowest BCUT2D eigenvalue weighted by atomic mass is 10.1. The lowest BCUT2D eigenvalue weighted by Crippen LogP contribution is -2.08. The molecule has 0 fully saturated rings. The summed E-state index contributed by atoms with van der Waals surface area (Å²) in [6.45, 7) is 0. The highest BCUT2D eigenvalue weighted by Gasteiger charge is 2.08. The molecule has 2 aromatic rings. The molecule has 2 rings (SSSR count). The lowest BCUT2D eigenvalue weighted by Gasteiger charge is -2.02. The van der Waals surface area contributed by atoms with Crippen molar-refractivity contribution in [2.75, 3.05) is 0 Å². The van der Waals surface area contributed by atoms with E-state index >= 15 is 0 Å². The molecule has 0 aliphatic carbocycles. The van der Waals surface area contributed by atoms with Gasteiger partial charge in [0.2, 0.25) is 0 Å². The minimum atomic E-state index is -0.886. The third-order valence-corrected chi connectivity index (χ3v) is 2.83. The van der Waals surface area contributed by atoms with Gasteiger partial charge in [-0.05, 0) is 36.4 Å². The topological polar surface area (TPSA) is 58.6 Å². The van der Waals surface area contributed by atoms with Crippen LogP contribution in [0.5, 0.6) is 0 Å². The van der Waals surface area contributed by atoms with Gasteiger partial charge >= 0.3 is 0 Å². The highest BCUT2D eigenvalue weighted by molar-refractivity contribution is 6.30. The zero-order valence-corrected chi connectivity index (χ0v) is 11.5. The van der Waals surface area contributed by atoms with E-state index in [1.54, 1.807) is 24.3 Å². The molecule has 0 radical (unpaired) electrons. The van der Waals surface area contributed by atoms with Crippen LogP contribution < -0.4 is 5.73 Å². The van der Waals surface area contributed by atoms with Gasteiger partial charge in [0.15, 0.2) is 0 Å². The van der Waals surface area contributed by atoms with Crippen LogP contribution in [0.3, 0.4) is 0 Å². The first-order chi connectivity index (χ1) is 9.95. The Kier molecular flexibility index (Phi) is 4.55. The Morgan fingerprint density at radius 3 is 2.43 bits per heavy atom. The predicted molar refractivity (Wildman–Crippen MR) is 79.7 cm³/mol. The predicted octanol–water partition coefficient (Wildman–Crippen LogP) is 4.21. The molecular formula is C15H11ClF2N2O. The van der Waals surface area contributed by atoms with E-state index in [0.717, 1.165) is 18.2 Å². The number of aliphatic imine (C=N–C) groups is 1. The van der Waals surface area contributed by atoms with E-state index in [4.69, 9.17) is 17.3 Å². The van der Waals surface area contributed by atoms with E-state index < -0.39 is 17.4 Å². The molecule has 0 amide bonds. The van der Waals surface area contributed by atoms with Crippen LogP contribution in [0.2, 0.25) is 5.02 Å². The van der Waals surface area contributed by atoms with Crippen molar-refractivity contribution in [2.24, 2.45) is 10.7 Å². The Hall–Kier alpha value is -2.40. The van der Waals surface area contributed by atoms with Gasteiger partial charge in [-0.1, -0.05) is 11.6 Å². The van der Waals surface area contributed by atoms with Crippen LogP contribution in [0.1, 0.15) is 5.56 Å². The second-order valence-electron chi connectivity index (χ2n) is 4.17. The van der Waals surface area contributed by atoms with Crippen LogP contribution in [-0.4, -0.2) is 10.9 Å². The minimum Gasteiger partial charge on any atom is -0.507 e. The number of halogens is 3. The first kappa shape index (κ1) is 15.0. The molecule has 3 N–H and O–H groups in total. The lowest BCUT2D eigenvalue weighted by molar-refractivity contribution is 0.500. The number of benzene rings is 2. The van der Waals surface area contributed by atoms with E-state index in [0.29, 0.717) is 16.8 Å². The number of hydrogen-bond donors (Lipinski definition) is 2. The van der Waals surface area contributed by atoms with Crippen LogP contribution >= 0.6 is 11.6 Å². The fraction of sp³-hybridized carbons (Fsp3) is 0. The van der Waals surface area contributed by atoms with Crippen molar-refractivity contribution >= 4 is 28.9 Å². The third kappa shape index (κ3) is 4.03. The zero-order valence-electron chi connectivity index (χ0n) is 10.7. The maximum Gasteiger partial charge on any atom is 0.137 e. The average Bonchev–Trinajstić information content (AvgIpc) is 2.41. The van der Waals surface area contributed by atoms with Crippen LogP contribution in [0.15, 0.2) is 53.5 Å². The van der Waals surface area contributed by atoms with E-state index in [-0.39, 0.29) is 11.4 Å². The first-order valence-electron chi connectivity index (χ1n) is 5.91. The molecule has 2 aromatic carbocycles. The summed E-state index contributed by atoms with van der Waals surface area (Å²) < 4.78 is 26.3. The number of amidine groups is 1. The Morgan fingerprint density at radius 1 is 1.14 bits per heavy atom. The third-order valence-electron chi connectivity index (χ3n) is 2.58. The number of rotatable bonds is 3. The summed E-state index contributed by atoms with van der Waals surface area (Å²) >= 11 is 5.74. The highest BCUT2D eigenvalue weighted by atomic mass is 35.5. The van der Waals surface area contributed by atoms with Gasteiger partial charge < -0.3 is 10.8 Å². The van der Waals surface area contributed by atoms with Crippen LogP contribution in [0.25, 0.3) is 5.76 Å². The molecule has 0 unspecified atom stereocenters. The number of nitrogens with two attached hydrogens (primary N) is 1. The molecule has 3 nitrogen and oxygen atoms in total. The smallest absolute Gasteiger partial charge is 0.137 e. The van der Waals surface area contributed by atoms with Crippen molar-refractivity contribution < 1.29 is 13.9 Å². The maximum absolute atomic E-state index is 13.5. The van der Waals surface area contributed by atoms with E-state index in [9.17, 15) is 13.9 Å². The summed E-state index contributed by atoms with van der Waals surface area (Å²) in [5.41, 5.74) is 6.01. The second kappa shape index (κ2) is 6.37. The van der Waals surface area contributed by atoms with E-state index in [2.05, 4.69) is 4.99 Å². The van der Waals surface area contributed by atoms with Crippen LogP contribution in [-0.2, 0) is 0 Å². The molecule has 21 heavy (non-hydrogen) atoms. The van der Waals surface area contributed by atoms with Gasteiger partial charge in [0.25, 0.3) is 0 Å². The van der Waals surface area contributed by atoms with Crippen molar-refractivity contribution in [3.63, 3.8) is 0 Å². The van der Waals surface area contributed by atoms with Gasteiger partial charge in [0.05, 0.1) is 11.3 Å². The van der Waals surface area contributed by atoms with E-state index in [1.165, 1.54) is 0 Å². The Balaban J connectivity index is 2.27. The van der Waals surface area contributed by atoms with Gasteiger partial charge in [-0.25, -0.2) is 13.8 Å². The summed E-state index contributed by atoms with van der Waals surface area (Å²) in [6.07, 6.45) is 1.09. The van der Waals surface area contributed by atoms with Gasteiger partial charge in [-0.3, -0.25) is 0 Å². The zero-order chi connectivity index (χ0) is 15.4. The van der Waals surface area contributed by atoms with Crippen molar-refractivity contribution in [3.05, 3.63) is 70.8 Å². The number of hydrogen-bond acceptors (Lipinski definition) is 2. The SMILES string of the molecule is NC(/C=C(\O)c1ccc(F)cc1F)=Nc1ccc(Cl)cc1. The molecule has 0 heterocycles. The van der Waals surface area contributed by atoms with Crippen molar-refractivity contribution in [1.82, 2.24) is 0 Å². The fourth-order valence-corrected chi connectivity index (χ4v) is 1.74. The standard InChI is InChI=1S/C15H11ClF2N2O/c16-9-1-4-11(5-2-9)20-15(19)8-14(21)12-6-3-10(17)7-13(12)18/h1-8,21H,(H2,19,20)/b14-8-. The molecule has 0 aromatic heterocycles. The van der Waals surface area contributed by atoms with Crippen molar-refractivity contribution in [3.8, 4) is 0 Å². The Labute approximate surface area is 125 Å². The Morgan fingerprint density at radius 2 is 1.81 bits per heavy atom. The molecule has 108 valence electrons. The summed E-state index contributed by atoms with van der Waals surface area (Å²) in [6, 6.07) is 9.37. The van der Waals surface area contributed by atoms with Crippen LogP contribution in [0, 0.1) is 11.6 Å². The monoisotopic (exact) mass is 308 g/mol. The molecule has 0 spiro atoms. The number of aliphatic hydroxyl groups excluding tert-OH is 1. The van der Waals surface area contributed by atoms with Crippen LogP contribution in [0.4, 0.5) is 14.5 Å². The van der Waals surface area contributed by atoms with E-state index in [1.807, 2.05) is 0 Å². The molecule has 0 aliphatic heterocycles. The second-order valence-corrected chi connectivity index (χ2v) is 4.60. The quantitative estimate of drug-likeness (QED) is 0.507. The summed E-state index contributed by atoms with van der Waals surface area (Å²) in [5, 5.41) is 10.4. The summed E-state index contributed by atoms with van der Waals surface area (Å²) in [4.78, 5) is 4.02. The van der Waals surface area contributed by atoms with Crippen molar-refractivity contribution in [2.45, 2.75) is 0 Å². The molecule has 6 heteroatoms. The summed E-state index contributed by atoms with van der Waals surface area (Å²) in [5.74, 6) is -2.09. The van der Waals surface area contributed by atoms with Crippen molar-refractivity contribution in [1.29, 1.82) is 0 Å². The minimum absolute atomic E-state index is 0.0291. The molecule has 0 saturated carbocycles. The number of nitrogens with zero attached hydrogens (tertiary/aromatic N) is 1. The summed E-state index contributed by atoms with van der Waals surface area (Å²) in [7, 11) is 0. The van der Waals surface area contributed by atoms with Gasteiger partial charge in [-0.15, -0.1) is 0 Å². The largest absolute Gasteiger partial charge is 0.507 e. The molecule has 0 atom stereocenters. The molecular weight excluding hydrogens is 298 g/mol. The number of aliphatic hydroxyl groups is 1. The molecule has 0 bridgehead atoms. The average molecular weight is 309 g/mol. The van der Waals surface area contributed by atoms with Gasteiger partial charge in [0.1, 0.15) is 23.2 Å². The maximum atomic E-state index is 13.5. The highest BCUT2D eigenvalue weighted by Crippen LogP contribution is 2.19. The first-order valence-corrected chi connectivity index (χ1v) is 6.29. The molecule has 0 saturated heterocycles. The molecule has 0 aliphatic rings.